The predicted octanol–water partition coefficient (Wildman–Crippen LogP) is 3.42. The minimum Gasteiger partial charge on any atom is -0.446 e. The lowest BCUT2D eigenvalue weighted by Gasteiger charge is -2.28. The second-order valence-corrected chi connectivity index (χ2v) is 9.00. The van der Waals surface area contributed by atoms with Crippen LogP contribution in [0.4, 0.5) is 22.0 Å². The van der Waals surface area contributed by atoms with Gasteiger partial charge in [0, 0.05) is 30.0 Å². The Morgan fingerprint density at radius 1 is 1.06 bits per heavy atom. The van der Waals surface area contributed by atoms with Crippen molar-refractivity contribution in [2.45, 2.75) is 56.7 Å². The van der Waals surface area contributed by atoms with Crippen molar-refractivity contribution in [2.75, 3.05) is 16.0 Å². The number of fused-ring (bicyclic) bond motifs is 1. The van der Waals surface area contributed by atoms with E-state index >= 15 is 0 Å². The predicted molar refractivity (Wildman–Crippen MR) is 127 cm³/mol. The number of halogens is 1. The molecule has 0 aliphatic heterocycles. The van der Waals surface area contributed by atoms with E-state index in [4.69, 9.17) is 22.1 Å². The topological polar surface area (TPSA) is 149 Å². The number of ether oxygens (including phenoxy) is 1. The van der Waals surface area contributed by atoms with E-state index in [0.717, 1.165) is 44.2 Å². The highest BCUT2D eigenvalue weighted by Crippen LogP contribution is 2.30. The van der Waals surface area contributed by atoms with Gasteiger partial charge in [-0.05, 0) is 50.7 Å². The third-order valence-electron chi connectivity index (χ3n) is 5.93. The average Bonchev–Trinajstić information content (AvgIpc) is 3.50. The van der Waals surface area contributed by atoms with Gasteiger partial charge in [0.15, 0.2) is 11.3 Å². The fraction of sp³-hybridized carbons (Fsp3) is 0.409. The van der Waals surface area contributed by atoms with Crippen LogP contribution in [0.2, 0.25) is 5.15 Å². The summed E-state index contributed by atoms with van der Waals surface area (Å²) in [5.74, 6) is 0.273. The fourth-order valence-corrected chi connectivity index (χ4v) is 4.30. The molecule has 178 valence electrons. The molecule has 0 radical (unpaired) electrons. The Bertz CT molecular complexity index is 1220. The van der Waals surface area contributed by atoms with Crippen molar-refractivity contribution in [2.24, 2.45) is 5.73 Å². The van der Waals surface area contributed by atoms with Crippen LogP contribution in [-0.4, -0.2) is 49.8 Å². The molecule has 0 saturated heterocycles. The van der Waals surface area contributed by atoms with E-state index in [1.54, 1.807) is 16.6 Å². The highest BCUT2D eigenvalue weighted by Gasteiger charge is 2.26. The molecule has 5 N–H and O–H groups in total. The average molecular weight is 485 g/mol. The molecule has 0 bridgehead atoms. The van der Waals surface area contributed by atoms with Crippen LogP contribution in [0.25, 0.3) is 5.65 Å². The minimum absolute atomic E-state index is 0.149. The summed E-state index contributed by atoms with van der Waals surface area (Å²) in [7, 11) is 0. The first kappa shape index (κ1) is 22.2. The van der Waals surface area contributed by atoms with Crippen LogP contribution in [0.15, 0.2) is 30.6 Å². The van der Waals surface area contributed by atoms with Gasteiger partial charge in [0.1, 0.15) is 17.1 Å². The van der Waals surface area contributed by atoms with E-state index in [9.17, 15) is 9.59 Å². The van der Waals surface area contributed by atoms with E-state index in [1.165, 1.54) is 12.4 Å². The van der Waals surface area contributed by atoms with Gasteiger partial charge in [0.2, 0.25) is 0 Å². The van der Waals surface area contributed by atoms with Crippen molar-refractivity contribution in [1.82, 2.24) is 19.6 Å². The number of carbonyl (C=O) groups excluding carboxylic acids is 2. The zero-order valence-electron chi connectivity index (χ0n) is 18.3. The summed E-state index contributed by atoms with van der Waals surface area (Å²) in [4.78, 5) is 32.4. The second-order valence-electron chi connectivity index (χ2n) is 8.62. The van der Waals surface area contributed by atoms with E-state index in [1.807, 2.05) is 6.07 Å². The number of hydrogen-bond donors (Lipinski definition) is 4. The number of nitrogens with zero attached hydrogens (tertiary/aromatic N) is 4. The molecule has 0 atom stereocenters. The molecule has 11 nitrogen and oxygen atoms in total. The van der Waals surface area contributed by atoms with E-state index in [-0.39, 0.29) is 23.2 Å². The minimum atomic E-state index is -0.737. The number of amides is 2. The summed E-state index contributed by atoms with van der Waals surface area (Å²) < 4.78 is 6.67. The molecule has 0 unspecified atom stereocenters. The summed E-state index contributed by atoms with van der Waals surface area (Å²) in [5, 5.41) is 14.7. The Hall–Kier alpha value is -3.60. The lowest BCUT2D eigenvalue weighted by molar-refractivity contribution is 0.0805. The fourth-order valence-electron chi connectivity index (χ4n) is 4.12. The van der Waals surface area contributed by atoms with Crippen molar-refractivity contribution in [1.29, 1.82) is 0 Å². The largest absolute Gasteiger partial charge is 0.446 e. The van der Waals surface area contributed by atoms with Crippen molar-refractivity contribution < 1.29 is 14.3 Å². The van der Waals surface area contributed by atoms with Gasteiger partial charge in [-0.2, -0.15) is 0 Å². The number of primary amides is 1. The number of nitrogens with two attached hydrogens (primary N) is 1. The Kier molecular flexibility index (Phi) is 6.10. The molecule has 3 heterocycles. The maximum absolute atomic E-state index is 13.0. The number of carbonyl (C=O) groups is 2. The first-order valence-electron chi connectivity index (χ1n) is 11.3. The molecule has 3 aromatic heterocycles. The van der Waals surface area contributed by atoms with Crippen LogP contribution in [-0.2, 0) is 4.74 Å². The smallest absolute Gasteiger partial charge is 0.404 e. The number of rotatable bonds is 7. The van der Waals surface area contributed by atoms with Gasteiger partial charge < -0.3 is 26.4 Å². The monoisotopic (exact) mass is 484 g/mol. The maximum atomic E-state index is 13.0. The summed E-state index contributed by atoms with van der Waals surface area (Å²) in [5.41, 5.74) is 7.35. The summed E-state index contributed by atoms with van der Waals surface area (Å²) in [6.07, 6.45) is 7.40. The highest BCUT2D eigenvalue weighted by molar-refractivity contribution is 6.29. The number of pyridine rings is 1. The summed E-state index contributed by atoms with van der Waals surface area (Å²) >= 11 is 5.93. The van der Waals surface area contributed by atoms with Crippen LogP contribution < -0.4 is 21.7 Å². The molecule has 2 saturated carbocycles. The van der Waals surface area contributed by atoms with Crippen LogP contribution in [0.1, 0.15) is 49.0 Å². The first-order chi connectivity index (χ1) is 16.4. The Morgan fingerprint density at radius 2 is 1.79 bits per heavy atom. The van der Waals surface area contributed by atoms with E-state index in [2.05, 4.69) is 31.0 Å². The van der Waals surface area contributed by atoms with Crippen molar-refractivity contribution in [3.8, 4) is 0 Å². The third kappa shape index (κ3) is 5.14. The van der Waals surface area contributed by atoms with Crippen molar-refractivity contribution in [3.63, 3.8) is 0 Å². The normalized spacial score (nSPS) is 20.0. The number of imidazole rings is 1. The maximum Gasteiger partial charge on any atom is 0.404 e. The number of nitrogens with one attached hydrogen (secondary N) is 3. The van der Waals surface area contributed by atoms with Gasteiger partial charge in [-0.15, -0.1) is 5.10 Å². The van der Waals surface area contributed by atoms with Crippen LogP contribution in [0.3, 0.4) is 0 Å². The third-order valence-corrected chi connectivity index (χ3v) is 6.14. The van der Waals surface area contributed by atoms with E-state index in [0.29, 0.717) is 28.9 Å². The van der Waals surface area contributed by atoms with Gasteiger partial charge in [-0.3, -0.25) is 4.79 Å². The zero-order chi connectivity index (χ0) is 23.7. The molecule has 2 fully saturated rings. The lowest BCUT2D eigenvalue weighted by atomic mass is 9.93. The van der Waals surface area contributed by atoms with Crippen LogP contribution >= 0.6 is 11.6 Å². The molecule has 3 aromatic rings. The molecule has 12 heteroatoms. The van der Waals surface area contributed by atoms with Gasteiger partial charge in [0.05, 0.1) is 11.9 Å². The zero-order valence-corrected chi connectivity index (χ0v) is 19.1. The Balaban J connectivity index is 1.38. The standard InChI is InChI=1S/C22H25ClN8O3/c23-18-9-14(7-8-25-18)29-21(32)17-11-26-20-16(27-12-1-2-12)10-19(30-31(17)20)28-13-3-5-15(6-4-13)34-22(24)33/h7-13,15,27H,1-6H2,(H2,24,33)(H,28,30)(H,25,29,32)/t13-,15-. The Morgan fingerprint density at radius 3 is 2.50 bits per heavy atom. The SMILES string of the molecule is NC(=O)O[C@H]1CC[C@H](Nc2cc(NC3CC3)c3ncc(C(=O)Nc4ccnc(Cl)c4)n3n2)CC1. The number of aromatic nitrogens is 4. The van der Waals surface area contributed by atoms with Gasteiger partial charge in [0.25, 0.3) is 5.91 Å². The van der Waals surface area contributed by atoms with Crippen molar-refractivity contribution >= 4 is 46.4 Å². The second kappa shape index (κ2) is 9.34. The van der Waals surface area contributed by atoms with Gasteiger partial charge >= 0.3 is 6.09 Å². The highest BCUT2D eigenvalue weighted by atomic mass is 35.5. The number of anilines is 3. The lowest BCUT2D eigenvalue weighted by Crippen LogP contribution is -2.32. The molecule has 0 aromatic carbocycles. The molecule has 5 rings (SSSR count). The molecular formula is C22H25ClN8O3. The first-order valence-corrected chi connectivity index (χ1v) is 11.6. The molecule has 2 aliphatic rings. The summed E-state index contributed by atoms with van der Waals surface area (Å²) in [6, 6.07) is 5.71. The molecule has 2 aliphatic carbocycles. The Labute approximate surface area is 200 Å². The quantitative estimate of drug-likeness (QED) is 0.373. The van der Waals surface area contributed by atoms with Crippen LogP contribution in [0, 0.1) is 0 Å². The van der Waals surface area contributed by atoms with Gasteiger partial charge in [-0.1, -0.05) is 11.6 Å². The van der Waals surface area contributed by atoms with Crippen molar-refractivity contribution in [3.05, 3.63) is 41.4 Å². The summed E-state index contributed by atoms with van der Waals surface area (Å²) in [6.45, 7) is 0. The van der Waals surface area contributed by atoms with E-state index < -0.39 is 6.09 Å². The molecular weight excluding hydrogens is 460 g/mol. The molecule has 2 amide bonds. The number of hydrogen-bond acceptors (Lipinski definition) is 8. The van der Waals surface area contributed by atoms with Crippen LogP contribution in [0.5, 0.6) is 0 Å². The molecule has 34 heavy (non-hydrogen) atoms. The molecule has 0 spiro atoms. The van der Waals surface area contributed by atoms with Gasteiger partial charge in [-0.25, -0.2) is 19.3 Å².